The van der Waals surface area contributed by atoms with Gasteiger partial charge in [-0.25, -0.2) is 4.98 Å². The van der Waals surface area contributed by atoms with Crippen molar-refractivity contribution in [3.63, 3.8) is 0 Å². The molecule has 0 aliphatic heterocycles. The van der Waals surface area contributed by atoms with Crippen LogP contribution in [0.1, 0.15) is 30.6 Å². The number of aromatic nitrogens is 1. The Morgan fingerprint density at radius 1 is 1.26 bits per heavy atom. The van der Waals surface area contributed by atoms with Gasteiger partial charge in [-0.05, 0) is 43.8 Å². The number of pyridine rings is 1. The molecule has 0 spiro atoms. The maximum absolute atomic E-state index is 12.3. The second-order valence-corrected chi connectivity index (χ2v) is 8.19. The van der Waals surface area contributed by atoms with Crippen LogP contribution < -0.4 is 16.4 Å². The number of amides is 1. The summed E-state index contributed by atoms with van der Waals surface area (Å²) in [6.45, 7) is 5.73. The fourth-order valence-electron chi connectivity index (χ4n) is 2.85. The molecule has 0 bridgehead atoms. The maximum Gasteiger partial charge on any atom is 0.251 e. The zero-order valence-electron chi connectivity index (χ0n) is 16.0. The molecule has 27 heavy (non-hydrogen) atoms. The number of benzene rings is 1. The van der Waals surface area contributed by atoms with E-state index in [-0.39, 0.29) is 11.4 Å². The Hall–Kier alpha value is -2.22. The van der Waals surface area contributed by atoms with Crippen molar-refractivity contribution in [3.05, 3.63) is 35.2 Å². The Labute approximate surface area is 163 Å². The Morgan fingerprint density at radius 2 is 2.07 bits per heavy atom. The topological polar surface area (TPSA) is 89.3 Å². The van der Waals surface area contributed by atoms with Crippen molar-refractivity contribution >= 4 is 44.1 Å². The highest BCUT2D eigenvalue weighted by molar-refractivity contribution is 7.18. The lowest BCUT2D eigenvalue weighted by molar-refractivity contribution is 0.0937. The quantitative estimate of drug-likeness (QED) is 0.517. The standard InChI is InChI=1S/C20H26N4O2S/c1-20(2,21)7-8-22-18-15-6-11-27-17(15)14-5-4-13(12-16(14)24-18)19(25)23-9-10-26-3/h4-6,11-12H,7-10,21H2,1-3H3,(H,22,24)(H,23,25). The van der Waals surface area contributed by atoms with Crippen LogP contribution in [0.15, 0.2) is 29.6 Å². The van der Waals surface area contributed by atoms with Gasteiger partial charge in [-0.3, -0.25) is 4.79 Å². The first-order chi connectivity index (χ1) is 12.9. The van der Waals surface area contributed by atoms with Crippen molar-refractivity contribution < 1.29 is 9.53 Å². The van der Waals surface area contributed by atoms with Crippen molar-refractivity contribution in [2.45, 2.75) is 25.8 Å². The number of carbonyl (C=O) groups excluding carboxylic acids is 1. The van der Waals surface area contributed by atoms with Gasteiger partial charge < -0.3 is 21.1 Å². The lowest BCUT2D eigenvalue weighted by Crippen LogP contribution is -2.34. The number of rotatable bonds is 8. The van der Waals surface area contributed by atoms with Gasteiger partial charge in [0.1, 0.15) is 5.82 Å². The Morgan fingerprint density at radius 3 is 2.81 bits per heavy atom. The van der Waals surface area contributed by atoms with Gasteiger partial charge in [0.15, 0.2) is 0 Å². The van der Waals surface area contributed by atoms with Crippen molar-refractivity contribution in [1.82, 2.24) is 10.3 Å². The monoisotopic (exact) mass is 386 g/mol. The normalized spacial score (nSPS) is 11.9. The zero-order chi connectivity index (χ0) is 19.4. The minimum absolute atomic E-state index is 0.124. The van der Waals surface area contributed by atoms with E-state index in [4.69, 9.17) is 15.5 Å². The molecule has 2 aromatic heterocycles. The second-order valence-electron chi connectivity index (χ2n) is 7.27. The summed E-state index contributed by atoms with van der Waals surface area (Å²) in [6, 6.07) is 7.73. The van der Waals surface area contributed by atoms with Gasteiger partial charge in [-0.1, -0.05) is 6.07 Å². The fourth-order valence-corrected chi connectivity index (χ4v) is 3.78. The third-order valence-corrected chi connectivity index (χ3v) is 5.26. The number of carbonyl (C=O) groups is 1. The predicted octanol–water partition coefficient (Wildman–Crippen LogP) is 3.37. The van der Waals surface area contributed by atoms with Crippen LogP contribution in [0.4, 0.5) is 5.82 Å². The number of nitrogens with zero attached hydrogens (tertiary/aromatic N) is 1. The van der Waals surface area contributed by atoms with Crippen LogP contribution in [0.2, 0.25) is 0 Å². The molecule has 0 saturated heterocycles. The molecule has 3 rings (SSSR count). The first-order valence-corrected chi connectivity index (χ1v) is 9.88. The van der Waals surface area contributed by atoms with Crippen molar-refractivity contribution in [3.8, 4) is 0 Å². The van der Waals surface area contributed by atoms with Crippen molar-refractivity contribution in [2.75, 3.05) is 32.1 Å². The Bertz CT molecular complexity index is 946. The Balaban J connectivity index is 1.91. The van der Waals surface area contributed by atoms with E-state index in [1.165, 1.54) is 4.70 Å². The third kappa shape index (κ3) is 4.74. The van der Waals surface area contributed by atoms with E-state index < -0.39 is 0 Å². The minimum atomic E-state index is -0.231. The number of fused-ring (bicyclic) bond motifs is 3. The van der Waals surface area contributed by atoms with Gasteiger partial charge in [-0.2, -0.15) is 0 Å². The summed E-state index contributed by atoms with van der Waals surface area (Å²) in [6.07, 6.45) is 0.834. The van der Waals surface area contributed by atoms with Crippen LogP contribution in [0, 0.1) is 0 Å². The number of thiophene rings is 1. The molecule has 1 aromatic carbocycles. The molecule has 4 N–H and O–H groups in total. The van der Waals surface area contributed by atoms with Crippen LogP contribution in [0.5, 0.6) is 0 Å². The number of methoxy groups -OCH3 is 1. The smallest absolute Gasteiger partial charge is 0.251 e. The SMILES string of the molecule is COCCNC(=O)c1ccc2c(c1)nc(NCCC(C)(C)N)c1ccsc12. The summed E-state index contributed by atoms with van der Waals surface area (Å²) in [5.41, 5.74) is 7.24. The van der Waals surface area contributed by atoms with Gasteiger partial charge in [0.25, 0.3) is 5.91 Å². The predicted molar refractivity (Wildman–Crippen MR) is 113 cm³/mol. The van der Waals surface area contributed by atoms with Gasteiger partial charge in [0.2, 0.25) is 0 Å². The average molecular weight is 387 g/mol. The third-order valence-electron chi connectivity index (χ3n) is 4.31. The molecular weight excluding hydrogens is 360 g/mol. The molecule has 0 aliphatic rings. The summed E-state index contributed by atoms with van der Waals surface area (Å²) in [7, 11) is 1.61. The number of hydrogen-bond donors (Lipinski definition) is 3. The fraction of sp³-hybridized carbons (Fsp3) is 0.400. The summed E-state index contributed by atoms with van der Waals surface area (Å²) >= 11 is 1.68. The summed E-state index contributed by atoms with van der Waals surface area (Å²) in [4.78, 5) is 17.1. The molecule has 0 aliphatic carbocycles. The second kappa shape index (κ2) is 8.21. The van der Waals surface area contributed by atoms with Crippen LogP contribution in [0.25, 0.3) is 21.0 Å². The largest absolute Gasteiger partial charge is 0.383 e. The van der Waals surface area contributed by atoms with Gasteiger partial charge >= 0.3 is 0 Å². The molecule has 2 heterocycles. The molecule has 0 atom stereocenters. The van der Waals surface area contributed by atoms with E-state index in [0.29, 0.717) is 18.7 Å². The molecule has 0 fully saturated rings. The first-order valence-electron chi connectivity index (χ1n) is 9.00. The lowest BCUT2D eigenvalue weighted by Gasteiger charge is -2.19. The number of anilines is 1. The molecule has 0 radical (unpaired) electrons. The number of nitrogens with one attached hydrogen (secondary N) is 2. The summed E-state index contributed by atoms with van der Waals surface area (Å²) in [5.74, 6) is 0.710. The molecule has 1 amide bonds. The molecule has 7 heteroatoms. The zero-order valence-corrected chi connectivity index (χ0v) is 16.8. The van der Waals surface area contributed by atoms with Crippen molar-refractivity contribution in [2.24, 2.45) is 5.73 Å². The van der Waals surface area contributed by atoms with E-state index in [1.54, 1.807) is 18.4 Å². The lowest BCUT2D eigenvalue weighted by atomic mass is 10.0. The summed E-state index contributed by atoms with van der Waals surface area (Å²) < 4.78 is 6.14. The average Bonchev–Trinajstić information content (AvgIpc) is 3.10. The van der Waals surface area contributed by atoms with Crippen LogP contribution in [-0.4, -0.2) is 43.2 Å². The highest BCUT2D eigenvalue weighted by Gasteiger charge is 2.14. The molecule has 0 saturated carbocycles. The van der Waals surface area contributed by atoms with E-state index in [2.05, 4.69) is 22.1 Å². The minimum Gasteiger partial charge on any atom is -0.383 e. The highest BCUT2D eigenvalue weighted by Crippen LogP contribution is 2.33. The number of nitrogens with two attached hydrogens (primary N) is 1. The molecular formula is C20H26N4O2S. The van der Waals surface area contributed by atoms with E-state index in [1.807, 2.05) is 32.0 Å². The van der Waals surface area contributed by atoms with Crippen LogP contribution in [0.3, 0.4) is 0 Å². The molecule has 6 nitrogen and oxygen atoms in total. The molecule has 144 valence electrons. The Kier molecular flexibility index (Phi) is 5.94. The number of hydrogen-bond acceptors (Lipinski definition) is 6. The van der Waals surface area contributed by atoms with E-state index in [9.17, 15) is 4.79 Å². The molecule has 3 aromatic rings. The number of ether oxygens (including phenoxy) is 1. The van der Waals surface area contributed by atoms with Gasteiger partial charge in [0.05, 0.1) is 12.1 Å². The maximum atomic E-state index is 12.3. The highest BCUT2D eigenvalue weighted by atomic mass is 32.1. The van der Waals surface area contributed by atoms with Gasteiger partial charge in [-0.15, -0.1) is 11.3 Å². The van der Waals surface area contributed by atoms with Crippen LogP contribution in [-0.2, 0) is 4.74 Å². The van der Waals surface area contributed by atoms with E-state index >= 15 is 0 Å². The first kappa shape index (κ1) is 19.5. The summed E-state index contributed by atoms with van der Waals surface area (Å²) in [5, 5.41) is 10.5. The molecule has 0 unspecified atom stereocenters. The van der Waals surface area contributed by atoms with E-state index in [0.717, 1.165) is 35.1 Å². The van der Waals surface area contributed by atoms with Crippen molar-refractivity contribution in [1.29, 1.82) is 0 Å². The van der Waals surface area contributed by atoms with Crippen LogP contribution >= 0.6 is 11.3 Å². The van der Waals surface area contributed by atoms with Gasteiger partial charge in [0, 0.05) is 46.8 Å².